The zero-order chi connectivity index (χ0) is 9.23. The minimum atomic E-state index is -4.26. The fourth-order valence-electron chi connectivity index (χ4n) is 0.546. The molecule has 5 N–H and O–H groups in total. The van der Waals surface area contributed by atoms with E-state index in [-0.39, 0.29) is 0 Å². The van der Waals surface area contributed by atoms with Gasteiger partial charge in [0.05, 0.1) is 11.8 Å². The highest BCUT2D eigenvalue weighted by molar-refractivity contribution is 7.52. The summed E-state index contributed by atoms with van der Waals surface area (Å²) >= 11 is 0. The molecule has 0 aromatic heterocycles. The van der Waals surface area contributed by atoms with E-state index < -0.39 is 25.4 Å². The second kappa shape index (κ2) is 3.65. The molecule has 0 aromatic rings. The SMILES string of the molecule is [CH2]C(C(N)C(C)O)P(=O)(O)O. The second-order valence-electron chi connectivity index (χ2n) is 2.47. The topological polar surface area (TPSA) is 104 Å². The number of aliphatic hydroxyl groups is 1. The van der Waals surface area contributed by atoms with E-state index in [4.69, 9.17) is 20.6 Å². The maximum absolute atomic E-state index is 10.5. The largest absolute Gasteiger partial charge is 0.392 e. The monoisotopic (exact) mass is 182 g/mol. The molecule has 0 saturated heterocycles. The van der Waals surface area contributed by atoms with Gasteiger partial charge in [-0.25, -0.2) is 0 Å². The van der Waals surface area contributed by atoms with Gasteiger partial charge in [0.1, 0.15) is 0 Å². The van der Waals surface area contributed by atoms with Crippen molar-refractivity contribution in [3.63, 3.8) is 0 Å². The Hall–Kier alpha value is 0.0700. The molecule has 67 valence electrons. The number of rotatable bonds is 3. The van der Waals surface area contributed by atoms with Gasteiger partial charge in [0, 0.05) is 6.04 Å². The van der Waals surface area contributed by atoms with Crippen molar-refractivity contribution >= 4 is 7.60 Å². The number of nitrogens with two attached hydrogens (primary N) is 1. The lowest BCUT2D eigenvalue weighted by Crippen LogP contribution is -2.41. The van der Waals surface area contributed by atoms with Crippen LogP contribution in [0.1, 0.15) is 6.92 Å². The predicted molar refractivity (Wildman–Crippen MR) is 40.8 cm³/mol. The molecular weight excluding hydrogens is 169 g/mol. The van der Waals surface area contributed by atoms with Gasteiger partial charge in [-0.05, 0) is 13.8 Å². The standard InChI is InChI=1S/C5H13NO4P/c1-3(7)5(6)4(2)11(8,9)10/h3-5,7H,2,6H2,1H3,(H2,8,9,10). The van der Waals surface area contributed by atoms with Gasteiger partial charge in [0.2, 0.25) is 0 Å². The molecule has 0 aromatic carbocycles. The zero-order valence-corrected chi connectivity index (χ0v) is 7.11. The highest BCUT2D eigenvalue weighted by atomic mass is 31.2. The van der Waals surface area contributed by atoms with Crippen LogP contribution in [0.25, 0.3) is 0 Å². The van der Waals surface area contributed by atoms with Crippen molar-refractivity contribution in [2.45, 2.75) is 24.7 Å². The summed E-state index contributed by atoms with van der Waals surface area (Å²) in [5.74, 6) is 0. The van der Waals surface area contributed by atoms with Gasteiger partial charge in [-0.1, -0.05) is 0 Å². The van der Waals surface area contributed by atoms with Gasteiger partial charge < -0.3 is 20.6 Å². The first kappa shape index (κ1) is 11.1. The summed E-state index contributed by atoms with van der Waals surface area (Å²) in [6.45, 7) is 4.54. The Morgan fingerprint density at radius 3 is 2.00 bits per heavy atom. The van der Waals surface area contributed by atoms with Crippen LogP contribution in [-0.2, 0) is 4.57 Å². The van der Waals surface area contributed by atoms with E-state index in [1.165, 1.54) is 6.92 Å². The quantitative estimate of drug-likeness (QED) is 0.422. The number of hydrogen-bond acceptors (Lipinski definition) is 3. The Morgan fingerprint density at radius 1 is 1.55 bits per heavy atom. The summed E-state index contributed by atoms with van der Waals surface area (Å²) in [4.78, 5) is 17.1. The molecule has 0 heterocycles. The first-order chi connectivity index (χ1) is 4.76. The summed E-state index contributed by atoms with van der Waals surface area (Å²) in [7, 11) is -4.26. The summed E-state index contributed by atoms with van der Waals surface area (Å²) in [5.41, 5.74) is 3.99. The Labute approximate surface area is 65.4 Å². The summed E-state index contributed by atoms with van der Waals surface area (Å²) in [6, 6.07) is -0.990. The number of hydrogen-bond donors (Lipinski definition) is 4. The van der Waals surface area contributed by atoms with E-state index in [1.54, 1.807) is 0 Å². The van der Waals surface area contributed by atoms with E-state index in [1.807, 2.05) is 0 Å². The van der Waals surface area contributed by atoms with Crippen LogP contribution in [0, 0.1) is 6.92 Å². The van der Waals surface area contributed by atoms with Crippen molar-refractivity contribution in [3.05, 3.63) is 6.92 Å². The van der Waals surface area contributed by atoms with Crippen LogP contribution < -0.4 is 5.73 Å². The lowest BCUT2D eigenvalue weighted by Gasteiger charge is -2.22. The van der Waals surface area contributed by atoms with E-state index in [9.17, 15) is 4.57 Å². The maximum Gasteiger partial charge on any atom is 0.330 e. The van der Waals surface area contributed by atoms with E-state index in [2.05, 4.69) is 6.92 Å². The molecule has 6 heteroatoms. The third-order valence-electron chi connectivity index (χ3n) is 1.43. The molecule has 0 aliphatic rings. The van der Waals surface area contributed by atoms with Gasteiger partial charge in [0.25, 0.3) is 0 Å². The van der Waals surface area contributed by atoms with Crippen molar-refractivity contribution in [1.82, 2.24) is 0 Å². The molecule has 1 radical (unpaired) electrons. The lowest BCUT2D eigenvalue weighted by molar-refractivity contribution is 0.160. The van der Waals surface area contributed by atoms with Gasteiger partial charge in [-0.3, -0.25) is 4.57 Å². The molecule has 0 aliphatic heterocycles. The Bertz CT molecular complexity index is 166. The van der Waals surface area contributed by atoms with E-state index in [0.717, 1.165) is 0 Å². The predicted octanol–water partition coefficient (Wildman–Crippen LogP) is -0.925. The normalized spacial score (nSPS) is 20.9. The van der Waals surface area contributed by atoms with Crippen LogP contribution in [0.15, 0.2) is 0 Å². The number of aliphatic hydroxyl groups excluding tert-OH is 1. The highest BCUT2D eigenvalue weighted by Crippen LogP contribution is 2.42. The van der Waals surface area contributed by atoms with Crippen LogP contribution in [0.5, 0.6) is 0 Å². The highest BCUT2D eigenvalue weighted by Gasteiger charge is 2.32. The lowest BCUT2D eigenvalue weighted by atomic mass is 10.1. The first-order valence-electron chi connectivity index (χ1n) is 3.08. The molecule has 0 fully saturated rings. The Kier molecular flexibility index (Phi) is 3.67. The van der Waals surface area contributed by atoms with Gasteiger partial charge >= 0.3 is 7.60 Å². The Balaban J connectivity index is 4.26. The van der Waals surface area contributed by atoms with E-state index >= 15 is 0 Å². The fourth-order valence-corrected chi connectivity index (χ4v) is 1.24. The van der Waals surface area contributed by atoms with Crippen LogP contribution in [0.3, 0.4) is 0 Å². The van der Waals surface area contributed by atoms with Crippen LogP contribution in [0.4, 0.5) is 0 Å². The Morgan fingerprint density at radius 2 is 1.91 bits per heavy atom. The maximum atomic E-state index is 10.5. The molecule has 0 spiro atoms. The third kappa shape index (κ3) is 3.31. The van der Waals surface area contributed by atoms with Gasteiger partial charge in [-0.15, -0.1) is 0 Å². The molecule has 0 bridgehead atoms. The van der Waals surface area contributed by atoms with Gasteiger partial charge in [0.15, 0.2) is 0 Å². The molecule has 11 heavy (non-hydrogen) atoms. The third-order valence-corrected chi connectivity index (χ3v) is 2.64. The smallest absolute Gasteiger partial charge is 0.330 e. The first-order valence-corrected chi connectivity index (χ1v) is 4.77. The van der Waals surface area contributed by atoms with Crippen LogP contribution >= 0.6 is 7.60 Å². The van der Waals surface area contributed by atoms with Crippen molar-refractivity contribution in [2.24, 2.45) is 5.73 Å². The van der Waals surface area contributed by atoms with Crippen LogP contribution in [-0.4, -0.2) is 32.7 Å². The van der Waals surface area contributed by atoms with Crippen molar-refractivity contribution in [2.75, 3.05) is 0 Å². The molecular formula is C5H13NO4P. The van der Waals surface area contributed by atoms with Crippen molar-refractivity contribution < 1.29 is 19.5 Å². The van der Waals surface area contributed by atoms with Crippen molar-refractivity contribution in [3.8, 4) is 0 Å². The summed E-state index contributed by atoms with van der Waals surface area (Å²) in [5, 5.41) is 8.85. The summed E-state index contributed by atoms with van der Waals surface area (Å²) < 4.78 is 10.5. The minimum absolute atomic E-state index is 0.967. The molecule has 0 amide bonds. The molecule has 3 unspecified atom stereocenters. The zero-order valence-electron chi connectivity index (χ0n) is 6.21. The molecule has 5 nitrogen and oxygen atoms in total. The molecule has 0 saturated carbocycles. The fraction of sp³-hybridized carbons (Fsp3) is 0.800. The second-order valence-corrected chi connectivity index (χ2v) is 4.32. The van der Waals surface area contributed by atoms with Crippen molar-refractivity contribution in [1.29, 1.82) is 0 Å². The molecule has 3 atom stereocenters. The molecule has 0 rings (SSSR count). The minimum Gasteiger partial charge on any atom is -0.392 e. The van der Waals surface area contributed by atoms with Gasteiger partial charge in [-0.2, -0.15) is 0 Å². The molecule has 0 aliphatic carbocycles. The average molecular weight is 182 g/mol. The van der Waals surface area contributed by atoms with Crippen LogP contribution in [0.2, 0.25) is 0 Å². The summed E-state index contributed by atoms with van der Waals surface area (Å²) in [6.07, 6.45) is -0.967. The van der Waals surface area contributed by atoms with E-state index in [0.29, 0.717) is 0 Å². The average Bonchev–Trinajstić information content (AvgIpc) is 1.82.